The van der Waals surface area contributed by atoms with Crippen molar-refractivity contribution in [3.63, 3.8) is 0 Å². The quantitative estimate of drug-likeness (QED) is 0.615. The third kappa shape index (κ3) is 0.982. The highest BCUT2D eigenvalue weighted by atomic mass is 16.4. The van der Waals surface area contributed by atoms with Crippen molar-refractivity contribution in [2.45, 2.75) is 13.0 Å². The van der Waals surface area contributed by atoms with Gasteiger partial charge in [-0.2, -0.15) is 0 Å². The van der Waals surface area contributed by atoms with Gasteiger partial charge in [0.05, 0.1) is 0 Å². The number of carbonyl (C=O) groups is 1. The maximum absolute atomic E-state index is 10.6. The average Bonchev–Trinajstić information content (AvgIpc) is 2.30. The Morgan fingerprint density at radius 3 is 2.83 bits per heavy atom. The van der Waals surface area contributed by atoms with E-state index in [1.807, 2.05) is 0 Å². The Morgan fingerprint density at radius 1 is 1.50 bits per heavy atom. The lowest BCUT2D eigenvalue weighted by atomic mass is 9.92. The Labute approximate surface area is 71.8 Å². The van der Waals surface area contributed by atoms with E-state index in [2.05, 4.69) is 11.8 Å². The van der Waals surface area contributed by atoms with Crippen LogP contribution >= 0.6 is 0 Å². The minimum Gasteiger partial charge on any atom is -0.465 e. The van der Waals surface area contributed by atoms with Gasteiger partial charge in [-0.3, -0.25) is 4.90 Å². The predicted molar refractivity (Wildman–Crippen MR) is 44.1 cm³/mol. The van der Waals surface area contributed by atoms with E-state index in [0.29, 0.717) is 18.5 Å². The van der Waals surface area contributed by atoms with Crippen molar-refractivity contribution in [3.05, 3.63) is 0 Å². The average molecular weight is 170 g/mol. The summed E-state index contributed by atoms with van der Waals surface area (Å²) in [5.41, 5.74) is 0. The second kappa shape index (κ2) is 2.62. The first-order chi connectivity index (χ1) is 5.72. The van der Waals surface area contributed by atoms with Crippen molar-refractivity contribution in [2.75, 3.05) is 26.2 Å². The molecule has 2 saturated heterocycles. The predicted octanol–water partition coefficient (Wildman–Crippen LogP) is 0.300. The number of likely N-dealkylation sites (tertiary alicyclic amines) is 2. The second-order valence-electron chi connectivity index (χ2n) is 3.60. The number of hydrogen-bond acceptors (Lipinski definition) is 2. The number of nitrogens with zero attached hydrogens (tertiary/aromatic N) is 2. The number of amides is 1. The molecule has 2 aliphatic rings. The molecule has 0 aromatic carbocycles. The molecular formula is C8H14N2O2. The highest BCUT2D eigenvalue weighted by Crippen LogP contribution is 2.31. The first-order valence-corrected chi connectivity index (χ1v) is 4.44. The number of rotatable bonds is 1. The van der Waals surface area contributed by atoms with Gasteiger partial charge in [-0.15, -0.1) is 0 Å². The van der Waals surface area contributed by atoms with Gasteiger partial charge in [0.15, 0.2) is 0 Å². The van der Waals surface area contributed by atoms with Crippen LogP contribution in [-0.4, -0.2) is 53.2 Å². The summed E-state index contributed by atoms with van der Waals surface area (Å²) in [4.78, 5) is 14.5. The van der Waals surface area contributed by atoms with Crippen LogP contribution in [0.25, 0.3) is 0 Å². The molecule has 2 aliphatic heterocycles. The molecule has 2 heterocycles. The first-order valence-electron chi connectivity index (χ1n) is 4.44. The maximum Gasteiger partial charge on any atom is 0.407 e. The highest BCUT2D eigenvalue weighted by Gasteiger charge is 2.45. The summed E-state index contributed by atoms with van der Waals surface area (Å²) in [5, 5.41) is 8.74. The Balaban J connectivity index is 1.94. The fourth-order valence-electron chi connectivity index (χ4n) is 2.27. The van der Waals surface area contributed by atoms with Crippen LogP contribution < -0.4 is 0 Å². The summed E-state index contributed by atoms with van der Waals surface area (Å²) in [7, 11) is 0. The fourth-order valence-corrected chi connectivity index (χ4v) is 2.27. The fraction of sp³-hybridized carbons (Fsp3) is 0.875. The van der Waals surface area contributed by atoms with Crippen LogP contribution in [0.2, 0.25) is 0 Å². The molecule has 2 fully saturated rings. The van der Waals surface area contributed by atoms with E-state index in [9.17, 15) is 4.79 Å². The zero-order valence-corrected chi connectivity index (χ0v) is 7.23. The van der Waals surface area contributed by atoms with E-state index in [4.69, 9.17) is 5.11 Å². The van der Waals surface area contributed by atoms with Gasteiger partial charge in [0.25, 0.3) is 0 Å². The second-order valence-corrected chi connectivity index (χ2v) is 3.60. The topological polar surface area (TPSA) is 43.8 Å². The molecule has 2 atom stereocenters. The van der Waals surface area contributed by atoms with Gasteiger partial charge in [0.2, 0.25) is 0 Å². The monoisotopic (exact) mass is 170 g/mol. The third-order valence-electron chi connectivity index (χ3n) is 3.02. The number of hydrogen-bond donors (Lipinski definition) is 1. The summed E-state index contributed by atoms with van der Waals surface area (Å²) in [6, 6.07) is 0.520. The van der Waals surface area contributed by atoms with Crippen LogP contribution in [0.5, 0.6) is 0 Å². The largest absolute Gasteiger partial charge is 0.465 e. The molecule has 4 nitrogen and oxygen atoms in total. The zero-order valence-electron chi connectivity index (χ0n) is 7.23. The van der Waals surface area contributed by atoms with Crippen LogP contribution in [0.1, 0.15) is 6.92 Å². The molecule has 0 aromatic heterocycles. The van der Waals surface area contributed by atoms with E-state index >= 15 is 0 Å². The molecule has 4 heteroatoms. The maximum atomic E-state index is 10.6. The lowest BCUT2D eigenvalue weighted by molar-refractivity contribution is 0.0578. The normalized spacial score (nSPS) is 34.6. The third-order valence-corrected chi connectivity index (χ3v) is 3.02. The SMILES string of the molecule is CCN1CC2CN(C(=O)O)CC21. The van der Waals surface area contributed by atoms with Gasteiger partial charge in [-0.05, 0) is 6.54 Å². The van der Waals surface area contributed by atoms with Gasteiger partial charge in [0.1, 0.15) is 0 Å². The molecule has 0 radical (unpaired) electrons. The van der Waals surface area contributed by atoms with Gasteiger partial charge in [0, 0.05) is 31.6 Å². The van der Waals surface area contributed by atoms with Crippen molar-refractivity contribution in [3.8, 4) is 0 Å². The lowest BCUT2D eigenvalue weighted by Gasteiger charge is -2.42. The van der Waals surface area contributed by atoms with E-state index < -0.39 is 6.09 Å². The van der Waals surface area contributed by atoms with Gasteiger partial charge >= 0.3 is 6.09 Å². The lowest BCUT2D eigenvalue weighted by Crippen LogP contribution is -2.55. The summed E-state index contributed by atoms with van der Waals surface area (Å²) in [6.07, 6.45) is -0.763. The summed E-state index contributed by atoms with van der Waals surface area (Å²) >= 11 is 0. The Morgan fingerprint density at radius 2 is 2.25 bits per heavy atom. The molecule has 0 spiro atoms. The Kier molecular flexibility index (Phi) is 1.72. The van der Waals surface area contributed by atoms with E-state index in [0.717, 1.165) is 19.6 Å². The molecule has 0 aliphatic carbocycles. The van der Waals surface area contributed by atoms with Crippen LogP contribution in [-0.2, 0) is 0 Å². The number of carboxylic acid groups (broad SMARTS) is 1. The summed E-state index contributed by atoms with van der Waals surface area (Å²) < 4.78 is 0. The number of likely N-dealkylation sites (N-methyl/N-ethyl adjacent to an activating group) is 1. The van der Waals surface area contributed by atoms with Gasteiger partial charge < -0.3 is 10.0 Å². The van der Waals surface area contributed by atoms with E-state index in [1.54, 1.807) is 0 Å². The molecule has 1 N–H and O–H groups in total. The molecule has 68 valence electrons. The van der Waals surface area contributed by atoms with E-state index in [-0.39, 0.29) is 0 Å². The van der Waals surface area contributed by atoms with Crippen molar-refractivity contribution in [2.24, 2.45) is 5.92 Å². The molecule has 2 rings (SSSR count). The smallest absolute Gasteiger partial charge is 0.407 e. The number of fused-ring (bicyclic) bond motifs is 1. The van der Waals surface area contributed by atoms with Crippen LogP contribution in [0.3, 0.4) is 0 Å². The molecule has 0 saturated carbocycles. The van der Waals surface area contributed by atoms with Crippen molar-refractivity contribution in [1.82, 2.24) is 9.80 Å². The van der Waals surface area contributed by atoms with Crippen molar-refractivity contribution < 1.29 is 9.90 Å². The zero-order chi connectivity index (χ0) is 8.72. The summed E-state index contributed by atoms with van der Waals surface area (Å²) in [5.74, 6) is 0.612. The van der Waals surface area contributed by atoms with Crippen molar-refractivity contribution in [1.29, 1.82) is 0 Å². The standard InChI is InChI=1S/C8H14N2O2/c1-2-9-3-6-4-10(8(11)12)5-7(6)9/h6-7H,2-5H2,1H3,(H,11,12). The highest BCUT2D eigenvalue weighted by molar-refractivity contribution is 5.65. The minimum atomic E-state index is -0.763. The van der Waals surface area contributed by atoms with Crippen molar-refractivity contribution >= 4 is 6.09 Å². The Hall–Kier alpha value is -0.770. The molecule has 0 aromatic rings. The van der Waals surface area contributed by atoms with Crippen LogP contribution in [0, 0.1) is 5.92 Å². The van der Waals surface area contributed by atoms with Crippen LogP contribution in [0.4, 0.5) is 4.79 Å². The minimum absolute atomic E-state index is 0.520. The summed E-state index contributed by atoms with van der Waals surface area (Å²) in [6.45, 7) is 5.73. The molecule has 0 bridgehead atoms. The van der Waals surface area contributed by atoms with Gasteiger partial charge in [-0.1, -0.05) is 6.92 Å². The molecule has 1 amide bonds. The van der Waals surface area contributed by atoms with Crippen LogP contribution in [0.15, 0.2) is 0 Å². The molecule has 2 unspecified atom stereocenters. The molecular weight excluding hydrogens is 156 g/mol. The first kappa shape index (κ1) is 7.86. The van der Waals surface area contributed by atoms with E-state index in [1.165, 1.54) is 4.90 Å². The molecule has 12 heavy (non-hydrogen) atoms. The Bertz CT molecular complexity index is 207. The van der Waals surface area contributed by atoms with Gasteiger partial charge in [-0.25, -0.2) is 4.79 Å².